The maximum atomic E-state index is 13.6. The van der Waals surface area contributed by atoms with Gasteiger partial charge in [0.2, 0.25) is 0 Å². The van der Waals surface area contributed by atoms with Gasteiger partial charge in [0, 0.05) is 6.04 Å². The van der Waals surface area contributed by atoms with E-state index in [2.05, 4.69) is 0 Å². The normalized spacial score (nSPS) is 15.8. The smallest absolute Gasteiger partial charge is 0.411 e. The van der Waals surface area contributed by atoms with Crippen LogP contribution < -0.4 is 0 Å². The Labute approximate surface area is 133 Å². The van der Waals surface area contributed by atoms with E-state index in [4.69, 9.17) is 4.74 Å². The molecule has 1 atom stereocenters. The summed E-state index contributed by atoms with van der Waals surface area (Å²) in [6, 6.07) is 1.67. The number of hydrogen-bond donors (Lipinski definition) is 2. The number of carboxylic acid groups (broad SMARTS) is 1. The Hall–Kier alpha value is -2.31. The molecule has 0 saturated heterocycles. The first kappa shape index (κ1) is 17.1. The van der Waals surface area contributed by atoms with Crippen LogP contribution in [0.4, 0.5) is 9.18 Å². The van der Waals surface area contributed by atoms with Crippen LogP contribution >= 0.6 is 0 Å². The molecule has 0 spiro atoms. The van der Waals surface area contributed by atoms with Crippen LogP contribution in [0.15, 0.2) is 18.2 Å². The number of aliphatic carboxylic acids is 1. The van der Waals surface area contributed by atoms with Gasteiger partial charge in [-0.15, -0.1) is 0 Å². The first-order valence-corrected chi connectivity index (χ1v) is 7.32. The van der Waals surface area contributed by atoms with Gasteiger partial charge in [0.05, 0.1) is 0 Å². The summed E-state index contributed by atoms with van der Waals surface area (Å²) in [5.41, 5.74) is -0.696. The number of rotatable bonds is 4. The second-order valence-electron chi connectivity index (χ2n) is 6.57. The predicted octanol–water partition coefficient (Wildman–Crippen LogP) is 3.06. The van der Waals surface area contributed by atoms with Crippen LogP contribution in [0.25, 0.3) is 0 Å². The summed E-state index contributed by atoms with van der Waals surface area (Å²) in [7, 11) is 0. The molecule has 1 aromatic carbocycles. The molecule has 1 amide bonds. The van der Waals surface area contributed by atoms with E-state index in [1.54, 1.807) is 20.8 Å². The Morgan fingerprint density at radius 3 is 2.39 bits per heavy atom. The molecule has 0 bridgehead atoms. The van der Waals surface area contributed by atoms with E-state index >= 15 is 0 Å². The summed E-state index contributed by atoms with van der Waals surface area (Å²) in [6.45, 7) is 5.06. The highest BCUT2D eigenvalue weighted by molar-refractivity contribution is 5.82. The minimum absolute atomic E-state index is 0.0746. The highest BCUT2D eigenvalue weighted by Gasteiger charge is 2.43. The number of amides is 1. The van der Waals surface area contributed by atoms with E-state index in [1.807, 2.05) is 0 Å². The van der Waals surface area contributed by atoms with Crippen molar-refractivity contribution >= 4 is 12.1 Å². The quantitative estimate of drug-likeness (QED) is 0.888. The van der Waals surface area contributed by atoms with Gasteiger partial charge in [-0.2, -0.15) is 0 Å². The largest absolute Gasteiger partial charge is 0.505 e. The lowest BCUT2D eigenvalue weighted by Gasteiger charge is -2.31. The first-order valence-electron chi connectivity index (χ1n) is 7.32. The van der Waals surface area contributed by atoms with Crippen molar-refractivity contribution in [1.29, 1.82) is 0 Å². The van der Waals surface area contributed by atoms with Crippen molar-refractivity contribution in [2.45, 2.75) is 51.3 Å². The average Bonchev–Trinajstić information content (AvgIpc) is 3.21. The van der Waals surface area contributed by atoms with Crippen molar-refractivity contribution < 1.29 is 28.9 Å². The second-order valence-corrected chi connectivity index (χ2v) is 6.57. The third-order valence-electron chi connectivity index (χ3n) is 3.34. The van der Waals surface area contributed by atoms with Crippen LogP contribution in [0.3, 0.4) is 0 Å². The average molecular weight is 325 g/mol. The highest BCUT2D eigenvalue weighted by Crippen LogP contribution is 2.36. The number of ether oxygens (including phenoxy) is 1. The van der Waals surface area contributed by atoms with Crippen LogP contribution in [-0.2, 0) is 9.53 Å². The summed E-state index contributed by atoms with van der Waals surface area (Å²) in [5.74, 6) is -2.80. The summed E-state index contributed by atoms with van der Waals surface area (Å²) in [4.78, 5) is 25.3. The molecule has 0 radical (unpaired) electrons. The molecule has 126 valence electrons. The molecule has 1 unspecified atom stereocenters. The molecule has 7 heteroatoms. The van der Waals surface area contributed by atoms with Gasteiger partial charge in [-0.25, -0.2) is 14.0 Å². The number of hydrogen-bond acceptors (Lipinski definition) is 4. The molecule has 2 rings (SSSR count). The van der Waals surface area contributed by atoms with Gasteiger partial charge in [-0.05, 0) is 51.3 Å². The fraction of sp³-hybridized carbons (Fsp3) is 0.500. The Bertz CT molecular complexity index is 621. The van der Waals surface area contributed by atoms with E-state index in [0.29, 0.717) is 12.8 Å². The molecule has 2 N–H and O–H groups in total. The molecule has 0 aliphatic heterocycles. The van der Waals surface area contributed by atoms with E-state index in [0.717, 1.165) is 17.0 Å². The van der Waals surface area contributed by atoms with Gasteiger partial charge in [-0.3, -0.25) is 4.90 Å². The molecular formula is C16H20FNO5. The Morgan fingerprint density at radius 2 is 1.96 bits per heavy atom. The minimum Gasteiger partial charge on any atom is -0.505 e. The number of carboxylic acids is 1. The van der Waals surface area contributed by atoms with Crippen molar-refractivity contribution in [2.24, 2.45) is 0 Å². The van der Waals surface area contributed by atoms with E-state index in [9.17, 15) is 24.2 Å². The number of carbonyl (C=O) groups is 2. The number of phenols is 1. The minimum atomic E-state index is -1.37. The SMILES string of the molecule is CC(C)(C)OC(=O)N(C1CC1)C(C(=O)O)c1ccc(O)c(F)c1. The molecule has 0 aromatic heterocycles. The number of halogens is 1. The number of aromatic hydroxyl groups is 1. The summed E-state index contributed by atoms with van der Waals surface area (Å²) < 4.78 is 18.9. The topological polar surface area (TPSA) is 87.1 Å². The van der Waals surface area contributed by atoms with Gasteiger partial charge >= 0.3 is 12.1 Å². The second kappa shape index (κ2) is 6.06. The lowest BCUT2D eigenvalue weighted by Crippen LogP contribution is -2.43. The molecule has 1 saturated carbocycles. The fourth-order valence-corrected chi connectivity index (χ4v) is 2.25. The van der Waals surface area contributed by atoms with Crippen LogP contribution in [0, 0.1) is 5.82 Å². The lowest BCUT2D eigenvalue weighted by molar-refractivity contribution is -0.143. The van der Waals surface area contributed by atoms with E-state index in [-0.39, 0.29) is 11.6 Å². The van der Waals surface area contributed by atoms with E-state index < -0.39 is 35.3 Å². The van der Waals surface area contributed by atoms with Crippen LogP contribution in [-0.4, -0.2) is 38.8 Å². The number of nitrogens with zero attached hydrogens (tertiary/aromatic N) is 1. The molecule has 1 fully saturated rings. The number of benzene rings is 1. The summed E-state index contributed by atoms with van der Waals surface area (Å²) >= 11 is 0. The zero-order valence-corrected chi connectivity index (χ0v) is 13.2. The summed E-state index contributed by atoms with van der Waals surface area (Å²) in [6.07, 6.45) is 0.591. The Morgan fingerprint density at radius 1 is 1.35 bits per heavy atom. The lowest BCUT2D eigenvalue weighted by atomic mass is 10.0. The Kier molecular flexibility index (Phi) is 4.49. The number of phenolic OH excluding ortho intramolecular Hbond substituents is 1. The predicted molar refractivity (Wildman–Crippen MR) is 79.5 cm³/mol. The van der Waals surface area contributed by atoms with Gasteiger partial charge in [0.15, 0.2) is 17.6 Å². The van der Waals surface area contributed by atoms with Crippen molar-refractivity contribution in [1.82, 2.24) is 4.90 Å². The number of carbonyl (C=O) groups excluding carboxylic acids is 1. The van der Waals surface area contributed by atoms with Crippen LogP contribution in [0.2, 0.25) is 0 Å². The standard InChI is InChI=1S/C16H20FNO5/c1-16(2,3)23-15(22)18(10-5-6-10)13(14(20)21)9-4-7-12(19)11(17)8-9/h4,7-8,10,13,19H,5-6H2,1-3H3,(H,20,21). The van der Waals surface area contributed by atoms with Crippen molar-refractivity contribution in [2.75, 3.05) is 0 Å². The molecular weight excluding hydrogens is 305 g/mol. The molecule has 1 aliphatic rings. The van der Waals surface area contributed by atoms with Crippen LogP contribution in [0.1, 0.15) is 45.2 Å². The van der Waals surface area contributed by atoms with Crippen LogP contribution in [0.5, 0.6) is 5.75 Å². The van der Waals surface area contributed by atoms with Gasteiger partial charge in [0.25, 0.3) is 0 Å². The van der Waals surface area contributed by atoms with Crippen molar-refractivity contribution in [3.05, 3.63) is 29.6 Å². The third-order valence-corrected chi connectivity index (χ3v) is 3.34. The monoisotopic (exact) mass is 325 g/mol. The Balaban J connectivity index is 2.37. The maximum Gasteiger partial charge on any atom is 0.411 e. The molecule has 23 heavy (non-hydrogen) atoms. The molecule has 6 nitrogen and oxygen atoms in total. The zero-order chi connectivity index (χ0) is 17.4. The first-order chi connectivity index (χ1) is 10.6. The third kappa shape index (κ3) is 4.12. The van der Waals surface area contributed by atoms with Gasteiger partial charge in [0.1, 0.15) is 5.60 Å². The van der Waals surface area contributed by atoms with Crippen molar-refractivity contribution in [3.63, 3.8) is 0 Å². The van der Waals surface area contributed by atoms with Crippen molar-refractivity contribution in [3.8, 4) is 5.75 Å². The molecule has 1 aromatic rings. The van der Waals surface area contributed by atoms with Gasteiger partial charge in [-0.1, -0.05) is 6.07 Å². The summed E-state index contributed by atoms with van der Waals surface area (Å²) in [5, 5.41) is 18.8. The maximum absolute atomic E-state index is 13.6. The highest BCUT2D eigenvalue weighted by atomic mass is 19.1. The molecule has 0 heterocycles. The fourth-order valence-electron chi connectivity index (χ4n) is 2.25. The van der Waals surface area contributed by atoms with Gasteiger partial charge < -0.3 is 14.9 Å². The molecule has 1 aliphatic carbocycles. The van der Waals surface area contributed by atoms with E-state index in [1.165, 1.54) is 6.07 Å². The zero-order valence-electron chi connectivity index (χ0n) is 13.2.